The first kappa shape index (κ1) is 18.0. The van der Waals surface area contributed by atoms with Gasteiger partial charge in [-0.15, -0.1) is 0 Å². The fourth-order valence-electron chi connectivity index (χ4n) is 3.18. The molecule has 5 nitrogen and oxygen atoms in total. The van der Waals surface area contributed by atoms with Crippen LogP contribution >= 0.6 is 0 Å². The molecule has 3 amide bonds. The maximum Gasteiger partial charge on any atom is 0.317 e. The van der Waals surface area contributed by atoms with Crippen molar-refractivity contribution in [2.75, 3.05) is 13.1 Å². The summed E-state index contributed by atoms with van der Waals surface area (Å²) in [7, 11) is 0. The molecule has 5 heteroatoms. The van der Waals surface area contributed by atoms with Crippen molar-refractivity contribution in [2.45, 2.75) is 32.4 Å². The van der Waals surface area contributed by atoms with Gasteiger partial charge in [0.2, 0.25) is 0 Å². The highest BCUT2D eigenvalue weighted by Crippen LogP contribution is 2.12. The van der Waals surface area contributed by atoms with Gasteiger partial charge in [0.05, 0.1) is 0 Å². The molecule has 0 spiro atoms. The molecule has 3 rings (SSSR count). The van der Waals surface area contributed by atoms with Gasteiger partial charge in [0.15, 0.2) is 0 Å². The number of nitrogens with one attached hydrogen (secondary N) is 2. The lowest BCUT2D eigenvalue weighted by Gasteiger charge is -2.32. The van der Waals surface area contributed by atoms with Gasteiger partial charge in [0, 0.05) is 31.2 Å². The topological polar surface area (TPSA) is 61.4 Å². The zero-order valence-electron chi connectivity index (χ0n) is 15.1. The van der Waals surface area contributed by atoms with Gasteiger partial charge in [-0.05, 0) is 43.0 Å². The van der Waals surface area contributed by atoms with E-state index in [1.165, 1.54) is 5.56 Å². The van der Waals surface area contributed by atoms with Crippen molar-refractivity contribution >= 4 is 11.9 Å². The van der Waals surface area contributed by atoms with Crippen molar-refractivity contribution in [3.63, 3.8) is 0 Å². The Morgan fingerprint density at radius 1 is 1.00 bits per heavy atom. The molecular formula is C21H25N3O2. The molecule has 0 saturated carbocycles. The molecule has 0 aromatic heterocycles. The van der Waals surface area contributed by atoms with Gasteiger partial charge in [-0.2, -0.15) is 0 Å². The van der Waals surface area contributed by atoms with E-state index < -0.39 is 0 Å². The summed E-state index contributed by atoms with van der Waals surface area (Å²) < 4.78 is 0. The molecule has 2 aromatic rings. The second kappa shape index (κ2) is 8.52. The Labute approximate surface area is 154 Å². The molecular weight excluding hydrogens is 326 g/mol. The first-order chi connectivity index (χ1) is 12.6. The van der Waals surface area contributed by atoms with Crippen LogP contribution in [0.1, 0.15) is 34.3 Å². The van der Waals surface area contributed by atoms with Crippen LogP contribution in [0.2, 0.25) is 0 Å². The van der Waals surface area contributed by atoms with Crippen LogP contribution < -0.4 is 10.6 Å². The van der Waals surface area contributed by atoms with Crippen LogP contribution in [0.5, 0.6) is 0 Å². The van der Waals surface area contributed by atoms with Gasteiger partial charge < -0.3 is 15.5 Å². The van der Waals surface area contributed by atoms with E-state index in [1.54, 1.807) is 0 Å². The summed E-state index contributed by atoms with van der Waals surface area (Å²) in [4.78, 5) is 26.4. The minimum atomic E-state index is -0.0481. The van der Waals surface area contributed by atoms with E-state index in [1.807, 2.05) is 66.4 Å². The molecule has 2 aromatic carbocycles. The number of nitrogens with zero attached hydrogens (tertiary/aromatic N) is 1. The quantitative estimate of drug-likeness (QED) is 0.889. The Morgan fingerprint density at radius 3 is 2.35 bits per heavy atom. The van der Waals surface area contributed by atoms with Gasteiger partial charge in [-0.1, -0.05) is 42.5 Å². The standard InChI is InChI=1S/C21H25N3O2/c1-16-7-5-6-10-18(16)15-22-21(26)24-13-11-19(12-14-24)23-20(25)17-8-3-2-4-9-17/h2-10,19H,11-15H2,1H3,(H,22,26)(H,23,25). The third-order valence-electron chi connectivity index (χ3n) is 4.84. The maximum absolute atomic E-state index is 12.4. The highest BCUT2D eigenvalue weighted by molar-refractivity contribution is 5.94. The Kier molecular flexibility index (Phi) is 5.89. The van der Waals surface area contributed by atoms with Gasteiger partial charge in [-0.3, -0.25) is 4.79 Å². The van der Waals surface area contributed by atoms with Gasteiger partial charge in [0.25, 0.3) is 5.91 Å². The van der Waals surface area contributed by atoms with E-state index in [2.05, 4.69) is 10.6 Å². The van der Waals surface area contributed by atoms with Crippen molar-refractivity contribution < 1.29 is 9.59 Å². The Balaban J connectivity index is 1.44. The fraction of sp³-hybridized carbons (Fsp3) is 0.333. The normalized spacial score (nSPS) is 14.7. The smallest absolute Gasteiger partial charge is 0.317 e. The number of hydrogen-bond donors (Lipinski definition) is 2. The number of rotatable bonds is 4. The van der Waals surface area contributed by atoms with Gasteiger partial charge in [-0.25, -0.2) is 4.79 Å². The van der Waals surface area contributed by atoms with Crippen LogP contribution in [0.4, 0.5) is 4.79 Å². The molecule has 1 aliphatic rings. The molecule has 0 radical (unpaired) electrons. The number of likely N-dealkylation sites (tertiary alicyclic amines) is 1. The predicted molar refractivity (Wildman–Crippen MR) is 102 cm³/mol. The van der Waals surface area contributed by atoms with Crippen LogP contribution in [0, 0.1) is 6.92 Å². The summed E-state index contributed by atoms with van der Waals surface area (Å²) in [5, 5.41) is 6.05. The number of carbonyl (C=O) groups excluding carboxylic acids is 2. The molecule has 1 aliphatic heterocycles. The summed E-state index contributed by atoms with van der Waals surface area (Å²) in [6, 6.07) is 17.3. The predicted octanol–water partition coefficient (Wildman–Crippen LogP) is 3.10. The Bertz CT molecular complexity index is 753. The average Bonchev–Trinajstić information content (AvgIpc) is 2.68. The zero-order chi connectivity index (χ0) is 18.4. The van der Waals surface area contributed by atoms with Gasteiger partial charge >= 0.3 is 6.03 Å². The minimum absolute atomic E-state index is 0.0407. The van der Waals surface area contributed by atoms with Crippen molar-refractivity contribution in [3.05, 3.63) is 71.3 Å². The highest BCUT2D eigenvalue weighted by atomic mass is 16.2. The van der Waals surface area contributed by atoms with Crippen LogP contribution in [-0.2, 0) is 6.54 Å². The minimum Gasteiger partial charge on any atom is -0.349 e. The fourth-order valence-corrected chi connectivity index (χ4v) is 3.18. The Morgan fingerprint density at radius 2 is 1.65 bits per heavy atom. The first-order valence-electron chi connectivity index (χ1n) is 9.06. The lowest BCUT2D eigenvalue weighted by molar-refractivity contribution is 0.0918. The van der Waals surface area contributed by atoms with Crippen molar-refractivity contribution in [1.82, 2.24) is 15.5 Å². The Hall–Kier alpha value is -2.82. The maximum atomic E-state index is 12.4. The van der Waals surface area contributed by atoms with Crippen LogP contribution in [0.15, 0.2) is 54.6 Å². The number of carbonyl (C=O) groups is 2. The van der Waals surface area contributed by atoms with E-state index in [9.17, 15) is 9.59 Å². The lowest BCUT2D eigenvalue weighted by Crippen LogP contribution is -2.49. The molecule has 1 heterocycles. The molecule has 2 N–H and O–H groups in total. The molecule has 0 atom stereocenters. The van der Waals surface area contributed by atoms with E-state index in [0.29, 0.717) is 25.2 Å². The number of hydrogen-bond acceptors (Lipinski definition) is 2. The molecule has 1 fully saturated rings. The molecule has 26 heavy (non-hydrogen) atoms. The highest BCUT2D eigenvalue weighted by Gasteiger charge is 2.24. The van der Waals surface area contributed by atoms with E-state index in [4.69, 9.17) is 0 Å². The van der Waals surface area contributed by atoms with Crippen molar-refractivity contribution in [3.8, 4) is 0 Å². The lowest BCUT2D eigenvalue weighted by atomic mass is 10.0. The largest absolute Gasteiger partial charge is 0.349 e. The monoisotopic (exact) mass is 351 g/mol. The number of urea groups is 1. The summed E-state index contributed by atoms with van der Waals surface area (Å²) in [5.41, 5.74) is 2.98. The van der Waals surface area contributed by atoms with Gasteiger partial charge in [0.1, 0.15) is 0 Å². The molecule has 0 bridgehead atoms. The zero-order valence-corrected chi connectivity index (χ0v) is 15.1. The second-order valence-electron chi connectivity index (χ2n) is 6.69. The summed E-state index contributed by atoms with van der Waals surface area (Å²) in [6.45, 7) is 3.89. The van der Waals surface area contributed by atoms with Crippen LogP contribution in [0.3, 0.4) is 0 Å². The molecule has 1 saturated heterocycles. The molecule has 136 valence electrons. The summed E-state index contributed by atoms with van der Waals surface area (Å²) in [6.07, 6.45) is 1.55. The van der Waals surface area contributed by atoms with Crippen LogP contribution in [0.25, 0.3) is 0 Å². The van der Waals surface area contributed by atoms with E-state index in [-0.39, 0.29) is 18.0 Å². The van der Waals surface area contributed by atoms with E-state index >= 15 is 0 Å². The number of benzene rings is 2. The third-order valence-corrected chi connectivity index (χ3v) is 4.84. The summed E-state index contributed by atoms with van der Waals surface area (Å²) in [5.74, 6) is -0.0481. The average molecular weight is 351 g/mol. The van der Waals surface area contributed by atoms with Crippen molar-refractivity contribution in [1.29, 1.82) is 0 Å². The number of aryl methyl sites for hydroxylation is 1. The van der Waals surface area contributed by atoms with Crippen molar-refractivity contribution in [2.24, 2.45) is 0 Å². The first-order valence-corrected chi connectivity index (χ1v) is 9.06. The number of piperidine rings is 1. The third kappa shape index (κ3) is 4.63. The van der Waals surface area contributed by atoms with E-state index in [0.717, 1.165) is 18.4 Å². The van der Waals surface area contributed by atoms with Crippen LogP contribution in [-0.4, -0.2) is 36.0 Å². The number of amides is 3. The SMILES string of the molecule is Cc1ccccc1CNC(=O)N1CCC(NC(=O)c2ccccc2)CC1. The second-order valence-corrected chi connectivity index (χ2v) is 6.69. The molecule has 0 aliphatic carbocycles. The molecule has 0 unspecified atom stereocenters. The summed E-state index contributed by atoms with van der Waals surface area (Å²) >= 11 is 0.